The molecule has 0 aliphatic carbocycles. The van der Waals surface area contributed by atoms with Crippen LogP contribution in [0.1, 0.15) is 33.6 Å². The summed E-state index contributed by atoms with van der Waals surface area (Å²) in [5, 5.41) is 14.0. The minimum absolute atomic E-state index is 0.0544. The molecule has 0 bridgehead atoms. The van der Waals surface area contributed by atoms with Crippen LogP contribution in [-0.4, -0.2) is 30.8 Å². The maximum absolute atomic E-state index is 11.9. The Kier molecular flexibility index (Phi) is 5.78. The molecule has 23 heavy (non-hydrogen) atoms. The highest BCUT2D eigenvalue weighted by Gasteiger charge is 2.25. The van der Waals surface area contributed by atoms with Crippen molar-refractivity contribution < 1.29 is 9.53 Å². The first-order valence-corrected chi connectivity index (χ1v) is 8.60. The molecule has 6 heteroatoms. The third-order valence-corrected chi connectivity index (χ3v) is 4.16. The molecule has 0 saturated carbocycles. The average Bonchev–Trinajstić information content (AvgIpc) is 2.46. The molecule has 1 aliphatic rings. The van der Waals surface area contributed by atoms with E-state index in [-0.39, 0.29) is 12.1 Å². The van der Waals surface area contributed by atoms with Gasteiger partial charge in [-0.3, -0.25) is 0 Å². The van der Waals surface area contributed by atoms with Crippen molar-refractivity contribution >= 4 is 23.5 Å². The number of nitrogens with zero attached hydrogens (tertiary/aromatic N) is 2. The molecule has 0 aromatic heterocycles. The van der Waals surface area contributed by atoms with Crippen molar-refractivity contribution in [2.24, 2.45) is 0 Å². The SMILES string of the molecule is CC(C)(C)OC(=O)N[C@H]1CCCN(c2ccccc2SC#N)C1. The van der Waals surface area contributed by atoms with Crippen LogP contribution in [0, 0.1) is 10.7 Å². The van der Waals surface area contributed by atoms with E-state index in [2.05, 4.69) is 15.6 Å². The van der Waals surface area contributed by atoms with Gasteiger partial charge >= 0.3 is 6.09 Å². The molecule has 1 N–H and O–H groups in total. The lowest BCUT2D eigenvalue weighted by atomic mass is 10.1. The lowest BCUT2D eigenvalue weighted by Gasteiger charge is -2.35. The van der Waals surface area contributed by atoms with Crippen molar-refractivity contribution in [2.45, 2.75) is 50.2 Å². The summed E-state index contributed by atoms with van der Waals surface area (Å²) in [4.78, 5) is 15.1. The van der Waals surface area contributed by atoms with Gasteiger partial charge in [0, 0.05) is 24.0 Å². The van der Waals surface area contributed by atoms with E-state index in [0.717, 1.165) is 36.5 Å². The van der Waals surface area contributed by atoms with Crippen LogP contribution >= 0.6 is 11.8 Å². The topological polar surface area (TPSA) is 65.4 Å². The van der Waals surface area contributed by atoms with E-state index in [1.807, 2.05) is 45.0 Å². The summed E-state index contributed by atoms with van der Waals surface area (Å²) in [5.74, 6) is 0. The Morgan fingerprint density at radius 1 is 1.43 bits per heavy atom. The molecule has 1 aromatic carbocycles. The maximum Gasteiger partial charge on any atom is 0.407 e. The van der Waals surface area contributed by atoms with E-state index in [1.54, 1.807) is 0 Å². The lowest BCUT2D eigenvalue weighted by molar-refractivity contribution is 0.0500. The molecule has 1 aliphatic heterocycles. The Morgan fingerprint density at radius 2 is 2.17 bits per heavy atom. The predicted octanol–water partition coefficient (Wildman–Crippen LogP) is 3.75. The third-order valence-electron chi connectivity index (χ3n) is 3.50. The average molecular weight is 333 g/mol. The Hall–Kier alpha value is -1.87. The molecule has 1 aromatic rings. The number of thiocyanates is 1. The molecule has 1 saturated heterocycles. The number of amides is 1. The molecule has 0 spiro atoms. The standard InChI is InChI=1S/C17H23N3O2S/c1-17(2,3)22-16(21)19-13-7-6-10-20(11-13)14-8-4-5-9-15(14)23-12-18/h4-5,8-9,13H,6-7,10-11H2,1-3H3,(H,19,21)/t13-/m0/s1. The quantitative estimate of drug-likeness (QED) is 0.674. The minimum Gasteiger partial charge on any atom is -0.444 e. The molecule has 1 amide bonds. The van der Waals surface area contributed by atoms with Gasteiger partial charge in [0.05, 0.1) is 5.69 Å². The van der Waals surface area contributed by atoms with Crippen molar-refractivity contribution in [3.8, 4) is 5.40 Å². The Labute approximate surface area is 142 Å². The van der Waals surface area contributed by atoms with Crippen molar-refractivity contribution in [3.63, 3.8) is 0 Å². The fraction of sp³-hybridized carbons (Fsp3) is 0.529. The number of hydrogen-bond donors (Lipinski definition) is 1. The van der Waals surface area contributed by atoms with Crippen LogP contribution in [0.25, 0.3) is 0 Å². The molecule has 2 rings (SSSR count). The van der Waals surface area contributed by atoms with Crippen molar-refractivity contribution in [1.29, 1.82) is 5.26 Å². The van der Waals surface area contributed by atoms with E-state index < -0.39 is 5.60 Å². The molecule has 0 unspecified atom stereocenters. The number of carbonyl (C=O) groups excluding carboxylic acids is 1. The van der Waals surface area contributed by atoms with Gasteiger partial charge in [-0.05, 0) is 57.5 Å². The van der Waals surface area contributed by atoms with Crippen LogP contribution in [0.15, 0.2) is 29.2 Å². The zero-order chi connectivity index (χ0) is 16.9. The van der Waals surface area contributed by atoms with Gasteiger partial charge in [-0.15, -0.1) is 0 Å². The van der Waals surface area contributed by atoms with Crippen LogP contribution in [0.3, 0.4) is 0 Å². The van der Waals surface area contributed by atoms with E-state index in [0.29, 0.717) is 0 Å². The summed E-state index contributed by atoms with van der Waals surface area (Å²) in [5.41, 5.74) is 0.559. The molecule has 5 nitrogen and oxygen atoms in total. The first kappa shape index (κ1) is 17.5. The van der Waals surface area contributed by atoms with Crippen LogP contribution in [0.4, 0.5) is 10.5 Å². The number of para-hydroxylation sites is 1. The fourth-order valence-corrected chi connectivity index (χ4v) is 3.19. The number of thioether (sulfide) groups is 1. The van der Waals surface area contributed by atoms with Gasteiger partial charge < -0.3 is 15.0 Å². The summed E-state index contributed by atoms with van der Waals surface area (Å²) in [6, 6.07) is 7.94. The number of nitrogens with one attached hydrogen (secondary N) is 1. The number of piperidine rings is 1. The summed E-state index contributed by atoms with van der Waals surface area (Å²) in [6.45, 7) is 7.22. The van der Waals surface area contributed by atoms with Gasteiger partial charge in [0.15, 0.2) is 0 Å². The molecule has 1 fully saturated rings. The van der Waals surface area contributed by atoms with Gasteiger partial charge in [-0.25, -0.2) is 4.79 Å². The van der Waals surface area contributed by atoms with Gasteiger partial charge in [0.1, 0.15) is 11.0 Å². The number of nitriles is 1. The fourth-order valence-electron chi connectivity index (χ4n) is 2.64. The van der Waals surface area contributed by atoms with Crippen molar-refractivity contribution in [3.05, 3.63) is 24.3 Å². The second kappa shape index (κ2) is 7.60. The lowest BCUT2D eigenvalue weighted by Crippen LogP contribution is -2.49. The van der Waals surface area contributed by atoms with Gasteiger partial charge in [-0.1, -0.05) is 12.1 Å². The Bertz CT molecular complexity index is 592. The van der Waals surface area contributed by atoms with E-state index >= 15 is 0 Å². The van der Waals surface area contributed by atoms with Gasteiger partial charge in [0.2, 0.25) is 0 Å². The molecule has 1 heterocycles. The summed E-state index contributed by atoms with van der Waals surface area (Å²) in [6.07, 6.45) is 1.55. The highest BCUT2D eigenvalue weighted by molar-refractivity contribution is 8.03. The van der Waals surface area contributed by atoms with Crippen LogP contribution < -0.4 is 10.2 Å². The van der Waals surface area contributed by atoms with Crippen LogP contribution in [0.5, 0.6) is 0 Å². The summed E-state index contributed by atoms with van der Waals surface area (Å²) >= 11 is 1.17. The Balaban J connectivity index is 2.01. The van der Waals surface area contributed by atoms with Crippen LogP contribution in [-0.2, 0) is 4.74 Å². The number of carbonyl (C=O) groups is 1. The van der Waals surface area contributed by atoms with Gasteiger partial charge in [0.25, 0.3) is 0 Å². The van der Waals surface area contributed by atoms with Crippen molar-refractivity contribution in [1.82, 2.24) is 5.32 Å². The first-order chi connectivity index (χ1) is 10.9. The number of ether oxygens (including phenoxy) is 1. The number of rotatable bonds is 3. The normalized spacial score (nSPS) is 18.2. The minimum atomic E-state index is -0.492. The molecule has 0 radical (unpaired) electrons. The summed E-state index contributed by atoms with van der Waals surface area (Å²) < 4.78 is 5.33. The first-order valence-electron chi connectivity index (χ1n) is 7.78. The highest BCUT2D eigenvalue weighted by Crippen LogP contribution is 2.31. The van der Waals surface area contributed by atoms with E-state index in [9.17, 15) is 4.79 Å². The molecular formula is C17H23N3O2S. The molecular weight excluding hydrogens is 310 g/mol. The zero-order valence-electron chi connectivity index (χ0n) is 13.8. The second-order valence-corrected chi connectivity index (χ2v) is 7.42. The van der Waals surface area contributed by atoms with E-state index in [1.165, 1.54) is 11.8 Å². The van der Waals surface area contributed by atoms with E-state index in [4.69, 9.17) is 10.00 Å². The largest absolute Gasteiger partial charge is 0.444 e. The number of benzene rings is 1. The Morgan fingerprint density at radius 3 is 2.87 bits per heavy atom. The molecule has 1 atom stereocenters. The smallest absolute Gasteiger partial charge is 0.407 e. The van der Waals surface area contributed by atoms with Gasteiger partial charge in [-0.2, -0.15) is 5.26 Å². The highest BCUT2D eigenvalue weighted by atomic mass is 32.2. The van der Waals surface area contributed by atoms with Crippen LogP contribution in [0.2, 0.25) is 0 Å². The molecule has 124 valence electrons. The zero-order valence-corrected chi connectivity index (χ0v) is 14.7. The number of anilines is 1. The number of hydrogen-bond acceptors (Lipinski definition) is 5. The third kappa shape index (κ3) is 5.36. The second-order valence-electron chi connectivity index (χ2n) is 6.59. The predicted molar refractivity (Wildman–Crippen MR) is 92.5 cm³/mol. The monoisotopic (exact) mass is 333 g/mol. The summed E-state index contributed by atoms with van der Waals surface area (Å²) in [7, 11) is 0. The maximum atomic E-state index is 11.9. The van der Waals surface area contributed by atoms with Crippen molar-refractivity contribution in [2.75, 3.05) is 18.0 Å². The number of alkyl carbamates (subject to hydrolysis) is 1.